The third kappa shape index (κ3) is 8.07. The van der Waals surface area contributed by atoms with Crippen LogP contribution < -0.4 is 19.5 Å². The van der Waals surface area contributed by atoms with Crippen molar-refractivity contribution in [1.82, 2.24) is 10.2 Å². The van der Waals surface area contributed by atoms with Crippen LogP contribution in [0.1, 0.15) is 90.0 Å². The number of benzene rings is 3. The third-order valence-corrected chi connectivity index (χ3v) is 9.40. The fourth-order valence-electron chi connectivity index (χ4n) is 6.58. The molecule has 3 aromatic rings. The first-order valence-electron chi connectivity index (χ1n) is 16.4. The number of piperidine rings is 1. The molecule has 1 heterocycles. The Morgan fingerprint density at radius 3 is 2.19 bits per heavy atom. The number of hydrogen-bond donors (Lipinski definition) is 2. The predicted octanol–water partition coefficient (Wildman–Crippen LogP) is 6.76. The normalized spacial score (nSPS) is 16.6. The van der Waals surface area contributed by atoms with E-state index in [0.717, 1.165) is 43.2 Å². The van der Waals surface area contributed by atoms with Crippen molar-refractivity contribution in [3.05, 3.63) is 88.0 Å². The van der Waals surface area contributed by atoms with Crippen molar-refractivity contribution in [3.8, 4) is 17.2 Å². The lowest BCUT2D eigenvalue weighted by Gasteiger charge is -2.30. The minimum Gasteiger partial charge on any atom is -0.493 e. The van der Waals surface area contributed by atoms with E-state index < -0.39 is 11.5 Å². The third-order valence-electron chi connectivity index (χ3n) is 9.40. The van der Waals surface area contributed by atoms with Gasteiger partial charge in [0, 0.05) is 25.2 Å². The zero-order valence-corrected chi connectivity index (χ0v) is 28.1. The van der Waals surface area contributed by atoms with Crippen molar-refractivity contribution in [2.24, 2.45) is 5.41 Å². The van der Waals surface area contributed by atoms with Gasteiger partial charge < -0.3 is 29.5 Å². The first-order chi connectivity index (χ1) is 22.5. The van der Waals surface area contributed by atoms with Gasteiger partial charge in [-0.15, -0.1) is 0 Å². The summed E-state index contributed by atoms with van der Waals surface area (Å²) in [6, 6.07) is 17.7. The Morgan fingerprint density at radius 1 is 0.872 bits per heavy atom. The second-order valence-electron chi connectivity index (χ2n) is 13.6. The molecule has 1 aliphatic carbocycles. The van der Waals surface area contributed by atoms with Crippen molar-refractivity contribution in [3.63, 3.8) is 0 Å². The van der Waals surface area contributed by atoms with Crippen molar-refractivity contribution in [2.45, 2.75) is 71.1 Å². The van der Waals surface area contributed by atoms with Gasteiger partial charge in [-0.05, 0) is 135 Å². The van der Waals surface area contributed by atoms with E-state index in [0.29, 0.717) is 54.8 Å². The van der Waals surface area contributed by atoms with Gasteiger partial charge in [-0.2, -0.15) is 0 Å². The van der Waals surface area contributed by atoms with Gasteiger partial charge in [0.1, 0.15) is 5.75 Å². The molecule has 2 N–H and O–H groups in total. The topological polar surface area (TPSA) is 114 Å². The largest absolute Gasteiger partial charge is 0.493 e. The van der Waals surface area contributed by atoms with Crippen LogP contribution in [0.2, 0.25) is 0 Å². The molecule has 9 heteroatoms. The SMILES string of the molecule is COc1cc(CCNC(=O)c2ccc(C3CCN(C(=O)O)CC3)cc2)c([C@@H]2CCc3cc(OC(=O)C(C)(C)C)ccc3C2)cc1OC. The minimum atomic E-state index is -0.865. The van der Waals surface area contributed by atoms with E-state index in [2.05, 4.69) is 17.4 Å². The molecule has 1 atom stereocenters. The molecule has 0 aromatic heterocycles. The zero-order valence-electron chi connectivity index (χ0n) is 28.1. The lowest BCUT2D eigenvalue weighted by atomic mass is 9.78. The second-order valence-corrected chi connectivity index (χ2v) is 13.6. The number of carbonyl (C=O) groups is 3. The van der Waals surface area contributed by atoms with Gasteiger partial charge in [0.25, 0.3) is 5.91 Å². The number of aryl methyl sites for hydroxylation is 1. The lowest BCUT2D eigenvalue weighted by molar-refractivity contribution is -0.143. The Kier molecular flexibility index (Phi) is 10.4. The van der Waals surface area contributed by atoms with E-state index in [1.54, 1.807) is 14.2 Å². The Hall–Kier alpha value is -4.53. The van der Waals surface area contributed by atoms with E-state index >= 15 is 0 Å². The molecule has 3 aromatic carbocycles. The molecule has 0 saturated carbocycles. The summed E-state index contributed by atoms with van der Waals surface area (Å²) >= 11 is 0. The van der Waals surface area contributed by atoms with Crippen LogP contribution in [0.25, 0.3) is 0 Å². The Morgan fingerprint density at radius 2 is 1.55 bits per heavy atom. The number of carboxylic acid groups (broad SMARTS) is 1. The number of nitrogens with one attached hydrogen (secondary N) is 1. The highest BCUT2D eigenvalue weighted by Crippen LogP contribution is 2.40. The van der Waals surface area contributed by atoms with E-state index in [1.165, 1.54) is 21.6 Å². The monoisotopic (exact) mass is 642 g/mol. The molecule has 0 spiro atoms. The summed E-state index contributed by atoms with van der Waals surface area (Å²) in [5.74, 6) is 2.09. The highest BCUT2D eigenvalue weighted by molar-refractivity contribution is 5.94. The second kappa shape index (κ2) is 14.5. The average molecular weight is 643 g/mol. The maximum Gasteiger partial charge on any atom is 0.407 e. The van der Waals surface area contributed by atoms with Crippen molar-refractivity contribution in [2.75, 3.05) is 33.9 Å². The summed E-state index contributed by atoms with van der Waals surface area (Å²) in [7, 11) is 3.27. The maximum absolute atomic E-state index is 13.1. The molecule has 0 unspecified atom stereocenters. The average Bonchev–Trinajstić information content (AvgIpc) is 3.07. The first-order valence-corrected chi connectivity index (χ1v) is 16.4. The number of esters is 1. The van der Waals surface area contributed by atoms with Crippen molar-refractivity contribution < 1.29 is 33.7 Å². The van der Waals surface area contributed by atoms with E-state index in [-0.39, 0.29) is 17.8 Å². The zero-order chi connectivity index (χ0) is 33.7. The summed E-state index contributed by atoms with van der Waals surface area (Å²) < 4.78 is 17.0. The van der Waals surface area contributed by atoms with Gasteiger partial charge in [0.2, 0.25) is 0 Å². The summed E-state index contributed by atoms with van der Waals surface area (Å²) in [5.41, 5.74) is 5.89. The fourth-order valence-corrected chi connectivity index (χ4v) is 6.58. The van der Waals surface area contributed by atoms with Gasteiger partial charge in [0.15, 0.2) is 11.5 Å². The number of fused-ring (bicyclic) bond motifs is 1. The van der Waals surface area contributed by atoms with E-state index in [4.69, 9.17) is 14.2 Å². The van der Waals surface area contributed by atoms with Crippen molar-refractivity contribution in [1.29, 1.82) is 0 Å². The summed E-state index contributed by atoms with van der Waals surface area (Å²) in [4.78, 5) is 38.2. The number of carbonyl (C=O) groups excluding carboxylic acids is 2. The molecule has 1 aliphatic heterocycles. The molecule has 1 saturated heterocycles. The highest BCUT2D eigenvalue weighted by atomic mass is 16.5. The molecule has 0 bridgehead atoms. The van der Waals surface area contributed by atoms with Crippen molar-refractivity contribution >= 4 is 18.0 Å². The molecule has 5 rings (SSSR count). The van der Waals surface area contributed by atoms with Crippen LogP contribution in [-0.4, -0.2) is 61.8 Å². The van der Waals surface area contributed by atoms with Crippen LogP contribution in [0, 0.1) is 5.41 Å². The molecule has 250 valence electrons. The molecule has 47 heavy (non-hydrogen) atoms. The molecule has 2 amide bonds. The number of rotatable bonds is 9. The van der Waals surface area contributed by atoms with Gasteiger partial charge in [-0.1, -0.05) is 18.2 Å². The lowest BCUT2D eigenvalue weighted by Crippen LogP contribution is -2.36. The number of ether oxygens (including phenoxy) is 3. The quantitative estimate of drug-likeness (QED) is 0.196. The molecular formula is C38H46N2O7. The number of nitrogens with zero attached hydrogens (tertiary/aromatic N) is 1. The summed E-state index contributed by atoms with van der Waals surface area (Å²) in [6.45, 7) is 7.06. The Bertz CT molecular complexity index is 1600. The maximum atomic E-state index is 13.1. The smallest absolute Gasteiger partial charge is 0.407 e. The molecule has 0 radical (unpaired) electrons. The summed E-state index contributed by atoms with van der Waals surface area (Å²) in [5, 5.41) is 12.3. The van der Waals surface area contributed by atoms with Crippen LogP contribution in [0.5, 0.6) is 17.2 Å². The first kappa shape index (κ1) is 33.8. The van der Waals surface area contributed by atoms with Crippen LogP contribution >= 0.6 is 0 Å². The van der Waals surface area contributed by atoms with Gasteiger partial charge in [0.05, 0.1) is 19.6 Å². The molecule has 1 fully saturated rings. The number of hydrogen-bond acceptors (Lipinski definition) is 6. The van der Waals surface area contributed by atoms with E-state index in [9.17, 15) is 19.5 Å². The van der Waals surface area contributed by atoms with Gasteiger partial charge in [-0.3, -0.25) is 9.59 Å². The van der Waals surface area contributed by atoms with Gasteiger partial charge >= 0.3 is 12.1 Å². The van der Waals surface area contributed by atoms with Crippen LogP contribution in [-0.2, 0) is 24.1 Å². The number of methoxy groups -OCH3 is 2. The molecular weight excluding hydrogens is 596 g/mol. The Balaban J connectivity index is 1.24. The highest BCUT2D eigenvalue weighted by Gasteiger charge is 2.27. The molecule has 2 aliphatic rings. The predicted molar refractivity (Wildman–Crippen MR) is 180 cm³/mol. The standard InChI is InChI=1S/C38H46N2O7/c1-38(2,3)36(42)47-31-13-12-27-20-29(11-10-28(27)21-31)32-23-34(46-5)33(45-4)22-30(32)14-17-39-35(41)26-8-6-24(7-9-26)25-15-18-40(19-16-25)37(43)44/h6-9,12-13,21-23,25,29H,10-11,14-20H2,1-5H3,(H,39,41)(H,43,44)/t29-/m1/s1. The van der Waals surface area contributed by atoms with Crippen LogP contribution in [0.3, 0.4) is 0 Å². The number of amides is 2. The number of likely N-dealkylation sites (tertiary alicyclic amines) is 1. The van der Waals surface area contributed by atoms with Crippen LogP contribution in [0.4, 0.5) is 4.79 Å². The van der Waals surface area contributed by atoms with E-state index in [1.807, 2.05) is 63.2 Å². The van der Waals surface area contributed by atoms with Gasteiger partial charge in [-0.25, -0.2) is 4.79 Å². The minimum absolute atomic E-state index is 0.131. The van der Waals surface area contributed by atoms with Crippen LogP contribution in [0.15, 0.2) is 54.6 Å². The fraction of sp³-hybridized carbons (Fsp3) is 0.447. The summed E-state index contributed by atoms with van der Waals surface area (Å²) in [6.07, 6.45) is 3.97. The Labute approximate surface area is 277 Å². The molecule has 9 nitrogen and oxygen atoms in total.